The van der Waals surface area contributed by atoms with Crippen molar-refractivity contribution in [2.24, 2.45) is 11.7 Å². The molecule has 2 rings (SSSR count). The zero-order valence-electron chi connectivity index (χ0n) is 17.0. The van der Waals surface area contributed by atoms with Gasteiger partial charge in [0.15, 0.2) is 0 Å². The summed E-state index contributed by atoms with van der Waals surface area (Å²) in [6, 6.07) is -3.12. The molecule has 2 aliphatic rings. The van der Waals surface area contributed by atoms with Crippen molar-refractivity contribution in [2.75, 3.05) is 18.8 Å². The fourth-order valence-corrected chi connectivity index (χ4v) is 4.19. The average Bonchev–Trinajstić information content (AvgIpc) is 3.34. The predicted molar refractivity (Wildman–Crippen MR) is 110 cm³/mol. The normalized spacial score (nSPS) is 23.9. The summed E-state index contributed by atoms with van der Waals surface area (Å²) in [5.41, 5.74) is 5.72. The molecular formula is C19H32N4O5S. The van der Waals surface area contributed by atoms with E-state index in [9.17, 15) is 24.3 Å². The Bertz CT molecular complexity index is 644. The highest BCUT2D eigenvalue weighted by molar-refractivity contribution is 7.80. The highest BCUT2D eigenvalue weighted by Gasteiger charge is 2.43. The highest BCUT2D eigenvalue weighted by atomic mass is 32.1. The quantitative estimate of drug-likeness (QED) is 0.397. The molecule has 164 valence electrons. The summed E-state index contributed by atoms with van der Waals surface area (Å²) in [5.74, 6) is -1.81. The van der Waals surface area contributed by atoms with Gasteiger partial charge in [-0.1, -0.05) is 13.8 Å². The summed E-state index contributed by atoms with van der Waals surface area (Å²) < 4.78 is 0. The van der Waals surface area contributed by atoms with Crippen LogP contribution in [-0.4, -0.2) is 81.6 Å². The van der Waals surface area contributed by atoms with Gasteiger partial charge >= 0.3 is 5.97 Å². The first-order valence-corrected chi connectivity index (χ1v) is 10.8. The summed E-state index contributed by atoms with van der Waals surface area (Å²) in [6.45, 7) is 4.68. The zero-order chi connectivity index (χ0) is 21.7. The number of carboxylic acids is 1. The molecule has 2 heterocycles. The van der Waals surface area contributed by atoms with E-state index in [1.165, 1.54) is 9.80 Å². The number of rotatable bonds is 8. The Morgan fingerprint density at radius 3 is 2.24 bits per heavy atom. The molecule has 0 saturated carbocycles. The van der Waals surface area contributed by atoms with Gasteiger partial charge < -0.3 is 26.0 Å². The monoisotopic (exact) mass is 428 g/mol. The fourth-order valence-electron chi connectivity index (χ4n) is 4.02. The molecule has 0 bridgehead atoms. The Morgan fingerprint density at radius 2 is 1.69 bits per heavy atom. The first kappa shape index (κ1) is 23.5. The number of hydrogen-bond donors (Lipinski definition) is 4. The van der Waals surface area contributed by atoms with Gasteiger partial charge in [-0.15, -0.1) is 0 Å². The highest BCUT2D eigenvalue weighted by Crippen LogP contribution is 2.26. The van der Waals surface area contributed by atoms with Gasteiger partial charge in [-0.3, -0.25) is 14.4 Å². The molecule has 0 aromatic rings. The van der Waals surface area contributed by atoms with Crippen molar-refractivity contribution in [3.05, 3.63) is 0 Å². The third-order valence-electron chi connectivity index (χ3n) is 5.50. The van der Waals surface area contributed by atoms with Gasteiger partial charge in [-0.05, 0) is 38.0 Å². The third-order valence-corrected chi connectivity index (χ3v) is 5.89. The number of nitrogens with zero attached hydrogens (tertiary/aromatic N) is 2. The van der Waals surface area contributed by atoms with Crippen LogP contribution in [0.2, 0.25) is 0 Å². The number of aliphatic carboxylic acids is 1. The largest absolute Gasteiger partial charge is 0.480 e. The Morgan fingerprint density at radius 1 is 1.10 bits per heavy atom. The Balaban J connectivity index is 2.15. The van der Waals surface area contributed by atoms with Crippen LogP contribution in [0.3, 0.4) is 0 Å². The molecule has 10 heteroatoms. The molecule has 9 nitrogen and oxygen atoms in total. The lowest BCUT2D eigenvalue weighted by molar-refractivity contribution is -0.152. The second kappa shape index (κ2) is 10.3. The predicted octanol–water partition coefficient (Wildman–Crippen LogP) is -0.159. The number of amides is 3. The molecule has 29 heavy (non-hydrogen) atoms. The van der Waals surface area contributed by atoms with Crippen LogP contribution < -0.4 is 11.1 Å². The maximum Gasteiger partial charge on any atom is 0.326 e. The molecular weight excluding hydrogens is 396 g/mol. The van der Waals surface area contributed by atoms with Crippen LogP contribution in [-0.2, 0) is 19.2 Å². The Hall–Kier alpha value is -1.81. The van der Waals surface area contributed by atoms with Crippen LogP contribution >= 0.6 is 12.6 Å². The number of carboxylic acid groups (broad SMARTS) is 1. The van der Waals surface area contributed by atoms with E-state index in [4.69, 9.17) is 5.73 Å². The topological polar surface area (TPSA) is 133 Å². The number of hydrogen-bond acceptors (Lipinski definition) is 6. The first-order valence-electron chi connectivity index (χ1n) is 10.2. The minimum atomic E-state index is -1.02. The molecule has 4 atom stereocenters. The maximum atomic E-state index is 13.2. The summed E-state index contributed by atoms with van der Waals surface area (Å²) in [7, 11) is 0. The van der Waals surface area contributed by atoms with E-state index in [2.05, 4.69) is 17.9 Å². The van der Waals surface area contributed by atoms with Crippen LogP contribution in [0, 0.1) is 5.92 Å². The van der Waals surface area contributed by atoms with Crippen molar-refractivity contribution in [1.29, 1.82) is 0 Å². The number of nitrogens with two attached hydrogens (primary N) is 1. The zero-order valence-corrected chi connectivity index (χ0v) is 17.9. The summed E-state index contributed by atoms with van der Waals surface area (Å²) >= 11 is 4.02. The van der Waals surface area contributed by atoms with E-state index in [0.29, 0.717) is 45.2 Å². The van der Waals surface area contributed by atoms with Crippen molar-refractivity contribution in [2.45, 2.75) is 70.1 Å². The van der Waals surface area contributed by atoms with Crippen molar-refractivity contribution >= 4 is 36.3 Å². The number of likely N-dealkylation sites (tertiary alicyclic amines) is 2. The molecule has 2 aliphatic heterocycles. The van der Waals surface area contributed by atoms with E-state index < -0.39 is 36.0 Å². The standard InChI is InChI=1S/C19H32N4O5S/c1-11(2)9-13(21-16(24)12(20)10-29)17(25)22-7-3-5-14(22)18(26)23-8-4-6-15(23)19(27)28/h11-15,29H,3-10,20H2,1-2H3,(H,21,24)(H,27,28). The SMILES string of the molecule is CC(C)CC(NC(=O)C(N)CS)C(=O)N1CCCC1C(=O)N1CCCC1C(=O)O. The number of nitrogens with one attached hydrogen (secondary N) is 1. The smallest absolute Gasteiger partial charge is 0.326 e. The van der Waals surface area contributed by atoms with Crippen molar-refractivity contribution in [3.8, 4) is 0 Å². The van der Waals surface area contributed by atoms with Gasteiger partial charge in [-0.2, -0.15) is 12.6 Å². The summed E-state index contributed by atoms with van der Waals surface area (Å²) in [5, 5.41) is 12.1. The van der Waals surface area contributed by atoms with Gasteiger partial charge in [0.2, 0.25) is 17.7 Å². The van der Waals surface area contributed by atoms with E-state index in [0.717, 1.165) is 0 Å². The van der Waals surface area contributed by atoms with Crippen molar-refractivity contribution in [3.63, 3.8) is 0 Å². The van der Waals surface area contributed by atoms with E-state index in [1.54, 1.807) is 0 Å². The molecule has 3 amide bonds. The lowest BCUT2D eigenvalue weighted by atomic mass is 10.0. The number of thiol groups is 1. The number of carbonyl (C=O) groups is 4. The fraction of sp³-hybridized carbons (Fsp3) is 0.789. The van der Waals surface area contributed by atoms with Gasteiger partial charge in [0, 0.05) is 18.8 Å². The average molecular weight is 429 g/mol. The van der Waals surface area contributed by atoms with Crippen LogP contribution in [0.1, 0.15) is 46.0 Å². The molecule has 4 unspecified atom stereocenters. The van der Waals surface area contributed by atoms with Gasteiger partial charge in [0.05, 0.1) is 6.04 Å². The molecule has 0 radical (unpaired) electrons. The minimum absolute atomic E-state index is 0.142. The van der Waals surface area contributed by atoms with E-state index in [-0.39, 0.29) is 23.5 Å². The molecule has 0 spiro atoms. The summed E-state index contributed by atoms with van der Waals surface area (Å²) in [6.07, 6.45) is 2.63. The Kier molecular flexibility index (Phi) is 8.33. The molecule has 4 N–H and O–H groups in total. The maximum absolute atomic E-state index is 13.2. The van der Waals surface area contributed by atoms with Crippen LogP contribution in [0.5, 0.6) is 0 Å². The van der Waals surface area contributed by atoms with Crippen LogP contribution in [0.4, 0.5) is 0 Å². The van der Waals surface area contributed by atoms with Crippen molar-refractivity contribution < 1.29 is 24.3 Å². The van der Waals surface area contributed by atoms with Crippen LogP contribution in [0.15, 0.2) is 0 Å². The second-order valence-corrected chi connectivity index (χ2v) is 8.56. The van der Waals surface area contributed by atoms with Gasteiger partial charge in [0.25, 0.3) is 0 Å². The molecule has 0 aromatic heterocycles. The molecule has 0 aliphatic carbocycles. The summed E-state index contributed by atoms with van der Waals surface area (Å²) in [4.78, 5) is 52.8. The lowest BCUT2D eigenvalue weighted by Crippen LogP contribution is -2.57. The minimum Gasteiger partial charge on any atom is -0.480 e. The van der Waals surface area contributed by atoms with E-state index in [1.807, 2.05) is 13.8 Å². The van der Waals surface area contributed by atoms with E-state index >= 15 is 0 Å². The van der Waals surface area contributed by atoms with Crippen LogP contribution in [0.25, 0.3) is 0 Å². The molecule has 2 fully saturated rings. The van der Waals surface area contributed by atoms with Gasteiger partial charge in [-0.25, -0.2) is 4.79 Å². The first-order chi connectivity index (χ1) is 13.7. The Labute approximate surface area is 176 Å². The third kappa shape index (κ3) is 5.63. The van der Waals surface area contributed by atoms with Crippen molar-refractivity contribution in [1.82, 2.24) is 15.1 Å². The number of carbonyl (C=O) groups excluding carboxylic acids is 3. The lowest BCUT2D eigenvalue weighted by Gasteiger charge is -2.33. The van der Waals surface area contributed by atoms with Gasteiger partial charge in [0.1, 0.15) is 18.1 Å². The molecule has 2 saturated heterocycles. The molecule has 0 aromatic carbocycles. The second-order valence-electron chi connectivity index (χ2n) is 8.20.